The normalized spacial score (nSPS) is 17.8. The molecule has 3 aliphatic heterocycles. The third kappa shape index (κ3) is 60.8. The minimum Gasteiger partial charge on any atom is -0.396 e. The first-order valence-electron chi connectivity index (χ1n) is 23.3. The fraction of sp³-hybridized carbons (Fsp3) is 0.719. The number of rotatable bonds is 4. The van der Waals surface area contributed by atoms with E-state index in [1.807, 2.05) is 287 Å². The molecule has 0 radical (unpaired) electrons. The van der Waals surface area contributed by atoms with Crippen LogP contribution in [0.2, 0.25) is 8.67 Å². The maximum Gasteiger partial charge on any atom is 0.261 e. The molecule has 94 heavy (non-hydrogen) atoms. The van der Waals surface area contributed by atoms with Gasteiger partial charge in [0.25, 0.3) is 10.1 Å². The van der Waals surface area contributed by atoms with Crippen molar-refractivity contribution in [3.8, 4) is 0 Å². The molecule has 5 unspecified atom stereocenters. The number of nitrogens with one attached hydrogen (secondary N) is 2. The van der Waals surface area contributed by atoms with Crippen LogP contribution in [-0.4, -0.2) is 67.5 Å². The lowest BCUT2D eigenvalue weighted by atomic mass is 9.78. The lowest BCUT2D eigenvalue weighted by Crippen LogP contribution is -2.54. The van der Waals surface area contributed by atoms with E-state index in [2.05, 4.69) is 52.9 Å². The lowest BCUT2D eigenvalue weighted by molar-refractivity contribution is -0.121. The van der Waals surface area contributed by atoms with Crippen molar-refractivity contribution >= 4 is 506 Å². The topological polar surface area (TPSA) is 125 Å². The molecule has 0 aromatic carbocycles. The first-order chi connectivity index (χ1) is 45.2. The van der Waals surface area contributed by atoms with Gasteiger partial charge in [0.1, 0.15) is 11.4 Å². The van der Waals surface area contributed by atoms with Crippen molar-refractivity contribution in [2.75, 3.05) is 19.5 Å². The van der Waals surface area contributed by atoms with Gasteiger partial charge in [-0.05, 0) is 106 Å². The Bertz CT molecular complexity index is 4970. The van der Waals surface area contributed by atoms with Crippen LogP contribution in [0.3, 0.4) is 0 Å². The second kappa shape index (κ2) is 71.0. The number of aliphatic hydroxyl groups excluding tert-OH is 1. The van der Waals surface area contributed by atoms with Crippen LogP contribution in [0, 0.1) is 11.8 Å². The highest BCUT2D eigenvalue weighted by Gasteiger charge is 2.49. The fourth-order valence-electron chi connectivity index (χ4n) is 6.96. The molecule has 5 atom stereocenters. The Morgan fingerprint density at radius 2 is 0.872 bits per heavy atom. The standard InChI is InChI=1S/C15H20ClNOS.C9H15NO.C6H7ClOS.CH4O3S.CH4.S47.S2/c1-9-7-15(8-12(17-9)10-2-3-10)14-11(4-5-18-15)6-13(16)19-14;1-6-4-8(11)5-9(10-6)7-2-3-7;7-6-3-5(1-2-8)4-9-6;1-5(2,3)4;;1-3-5-7-9-11-13-15-17-19-21-23-25-27-29-31-33-35-37-39-41-43-45-47-46-44-42-40-38-36-34-32-30-28-26-24-22-20-18-16-14-12-10-8-6-4-2;1-2/h6,9-10,12,17H,2-5,7-8H2,1H3;6-7,9-10H,2-5H2,1H3;3-4,8H,1-2H2;1H3,(H,2,3,4);1H4;;. The first-order valence-corrected chi connectivity index (χ1v) is 90.3. The zero-order chi connectivity index (χ0) is 67.9. The van der Waals surface area contributed by atoms with E-state index in [-0.39, 0.29) is 19.6 Å². The molecule has 2 aliphatic carbocycles. The fourth-order valence-corrected chi connectivity index (χ4v) is 127. The zero-order valence-electron chi connectivity index (χ0n) is 45.7. The summed E-state index contributed by atoms with van der Waals surface area (Å²) in [6.45, 7) is 5.45. The minimum atomic E-state index is -3.67. The second-order valence-corrected chi connectivity index (χ2v) is 100. The van der Waals surface area contributed by atoms with Gasteiger partial charge in [0.05, 0.1) is 21.5 Å². The lowest BCUT2D eigenvalue weighted by Gasteiger charge is -2.46. The number of hydrogen-bond acceptors (Lipinski definition) is 13. The molecule has 4 N–H and O–H groups in total. The maximum absolute atomic E-state index is 11.2. The number of carbonyl (C=O) groups is 1. The van der Waals surface area contributed by atoms with Crippen molar-refractivity contribution in [2.45, 2.75) is 115 Å². The SMILES string of the molecule is C.CC1CC(=O)CC(C2CC2)N1.CC1CC2(CC(C3CC3)N1)OCCc1cc(Cl)sc12.CS(=O)(=O)O.OCCc1csc(Cl)c1.S=S.S=S=S=S=S=S=S=S=S=S=S=S=S=S=S=S=S=S=S=S=S=S=S=S=S=S=S=S=S=S=S=S=S=S=S=S=S=S=S=S=S=S=S=S=S=S=S. The Morgan fingerprint density at radius 3 is 1.17 bits per heavy atom. The van der Waals surface area contributed by atoms with Crippen LogP contribution in [0.5, 0.6) is 0 Å². The number of carbonyl (C=O) groups excluding carboxylic acids is 1. The molecular formula is C32H50Cl2N2O6S52. The van der Waals surface area contributed by atoms with E-state index >= 15 is 0 Å². The summed E-state index contributed by atoms with van der Waals surface area (Å²) in [4.78, 5) is 12.6. The van der Waals surface area contributed by atoms with Gasteiger partial charge in [-0.2, -0.15) is 8.42 Å². The van der Waals surface area contributed by atoms with E-state index in [0.29, 0.717) is 42.6 Å². The summed E-state index contributed by atoms with van der Waals surface area (Å²) in [6.07, 6.45) is 11.6. The van der Waals surface area contributed by atoms with Crippen LogP contribution in [0.15, 0.2) is 17.5 Å². The summed E-state index contributed by atoms with van der Waals surface area (Å²) in [5, 5.41) is 17.7. The van der Waals surface area contributed by atoms with E-state index in [1.54, 1.807) is 118 Å². The Kier molecular flexibility index (Phi) is 77.2. The summed E-state index contributed by atoms with van der Waals surface area (Å²) < 4.78 is 33.9. The highest BCUT2D eigenvalue weighted by molar-refractivity contribution is 8.82. The van der Waals surface area contributed by atoms with Crippen LogP contribution in [0.1, 0.15) is 88.6 Å². The van der Waals surface area contributed by atoms with Crippen LogP contribution in [0.4, 0.5) is 0 Å². The van der Waals surface area contributed by atoms with E-state index < -0.39 is 10.1 Å². The molecule has 2 aromatic heterocycles. The second-order valence-electron chi connectivity index (χ2n) is 15.9. The van der Waals surface area contributed by atoms with Gasteiger partial charge in [0.2, 0.25) is 0 Å². The van der Waals surface area contributed by atoms with E-state index in [0.717, 1.165) is 64.8 Å². The number of fused-ring (bicyclic) bond motifs is 2. The summed E-state index contributed by atoms with van der Waals surface area (Å²) in [5.41, 5.74) is 2.50. The molecule has 2 saturated heterocycles. The quantitative estimate of drug-likeness (QED) is 0.242. The molecule has 62 heteroatoms. The van der Waals surface area contributed by atoms with Crippen molar-refractivity contribution in [1.29, 1.82) is 0 Å². The minimum absolute atomic E-state index is 0. The first kappa shape index (κ1) is 102. The van der Waals surface area contributed by atoms with Crippen molar-refractivity contribution in [1.82, 2.24) is 10.6 Å². The van der Waals surface area contributed by atoms with Crippen molar-refractivity contribution in [2.24, 2.45) is 11.8 Å². The zero-order valence-corrected chi connectivity index (χ0v) is 89.7. The molecule has 1 spiro atoms. The smallest absolute Gasteiger partial charge is 0.261 e. The van der Waals surface area contributed by atoms with E-state index in [4.69, 9.17) is 60.0 Å². The third-order valence-corrected chi connectivity index (χ3v) is 110. The van der Waals surface area contributed by atoms with Crippen LogP contribution >= 0.6 is 45.9 Å². The average Bonchev–Trinajstić information content (AvgIpc) is 1.57. The van der Waals surface area contributed by atoms with Gasteiger partial charge in [-0.1, -0.05) is 30.6 Å². The van der Waals surface area contributed by atoms with Crippen LogP contribution < -0.4 is 10.6 Å². The molecule has 2 saturated carbocycles. The molecule has 4 fully saturated rings. The summed E-state index contributed by atoms with van der Waals surface area (Å²) in [7, 11) is 76.5. The summed E-state index contributed by atoms with van der Waals surface area (Å²) >= 11 is 32.1. The molecule has 8 nitrogen and oxygen atoms in total. The van der Waals surface area contributed by atoms with Crippen molar-refractivity contribution in [3.05, 3.63) is 42.2 Å². The molecule has 5 aliphatic rings. The molecule has 0 amide bonds. The van der Waals surface area contributed by atoms with Gasteiger partial charge in [0, 0.05) is 493 Å². The highest BCUT2D eigenvalue weighted by atomic mass is 35.5. The summed E-state index contributed by atoms with van der Waals surface area (Å²) in [5.74, 6) is 2.15. The number of Topliss-reactive ketones (excluding diaryl/α,β-unsaturated/α-hetero) is 1. The van der Waals surface area contributed by atoms with Gasteiger partial charge in [-0.25, -0.2) is 0 Å². The molecular weight excluding hydrogens is 2250 g/mol. The monoisotopic (exact) mass is 2290 g/mol. The molecule has 550 valence electrons. The number of halogens is 2. The number of ether oxygens (including phenoxy) is 1. The Hall–Kier alpha value is 10.2. The molecule has 5 heterocycles. The largest absolute Gasteiger partial charge is 0.396 e. The Morgan fingerprint density at radius 1 is 0.543 bits per heavy atom. The third-order valence-electron chi connectivity index (χ3n) is 9.73. The van der Waals surface area contributed by atoms with Crippen LogP contribution in [0.25, 0.3) is 0 Å². The van der Waals surface area contributed by atoms with Crippen LogP contribution in [-0.2, 0) is 482 Å². The Balaban J connectivity index is 0.000000742. The Labute approximate surface area is 716 Å². The molecule has 2 aromatic rings. The van der Waals surface area contributed by atoms with E-state index in [1.165, 1.54) is 65.2 Å². The number of hydrogen-bond donors (Lipinski definition) is 4. The maximum atomic E-state index is 11.2. The number of ketones is 1. The number of piperidine rings is 2. The summed E-state index contributed by atoms with van der Waals surface area (Å²) in [6, 6.07) is 6.14. The predicted octanol–water partition coefficient (Wildman–Crippen LogP) is 6.78. The van der Waals surface area contributed by atoms with Gasteiger partial charge >= 0.3 is 0 Å². The predicted molar refractivity (Wildman–Crippen MR) is 548 cm³/mol. The number of aliphatic hydroxyl groups is 1. The van der Waals surface area contributed by atoms with Gasteiger partial charge in [-0.15, -0.1) is 22.7 Å². The van der Waals surface area contributed by atoms with Gasteiger partial charge in [-0.3, -0.25) is 9.35 Å². The number of thiophene rings is 2. The van der Waals surface area contributed by atoms with E-state index in [9.17, 15) is 13.2 Å². The van der Waals surface area contributed by atoms with Crippen molar-refractivity contribution < 1.29 is 27.6 Å². The molecule has 0 bridgehead atoms. The average molecular weight is 2300 g/mol. The van der Waals surface area contributed by atoms with Gasteiger partial charge < -0.3 is 20.5 Å². The highest BCUT2D eigenvalue weighted by Crippen LogP contribution is 2.50. The van der Waals surface area contributed by atoms with Gasteiger partial charge in [0.15, 0.2) is 0 Å². The molecule has 7 rings (SSSR count). The van der Waals surface area contributed by atoms with Crippen molar-refractivity contribution in [3.63, 3.8) is 0 Å².